The molecule has 1 aromatic heterocycles. The number of H-pyrrole nitrogens is 1. The highest BCUT2D eigenvalue weighted by Gasteiger charge is 2.17. The van der Waals surface area contributed by atoms with Crippen molar-refractivity contribution in [1.82, 2.24) is 4.98 Å². The van der Waals surface area contributed by atoms with Gasteiger partial charge in [-0.25, -0.2) is 0 Å². The molecule has 0 atom stereocenters. The fourth-order valence-electron chi connectivity index (χ4n) is 3.64. The molecule has 0 amide bonds. The molecule has 3 rings (SSSR count). The summed E-state index contributed by atoms with van der Waals surface area (Å²) in [5.74, 6) is 0.831. The van der Waals surface area contributed by atoms with Crippen molar-refractivity contribution in [1.29, 1.82) is 0 Å². The van der Waals surface area contributed by atoms with Crippen LogP contribution in [-0.4, -0.2) is 18.6 Å². The van der Waals surface area contributed by atoms with E-state index in [-0.39, 0.29) is 0 Å². The van der Waals surface area contributed by atoms with Crippen LogP contribution in [0.15, 0.2) is 36.4 Å². The van der Waals surface area contributed by atoms with E-state index in [9.17, 15) is 0 Å². The molecule has 0 spiro atoms. The van der Waals surface area contributed by atoms with Crippen LogP contribution in [0.5, 0.6) is 5.75 Å². The van der Waals surface area contributed by atoms with Crippen LogP contribution in [0.3, 0.4) is 0 Å². The van der Waals surface area contributed by atoms with Gasteiger partial charge < -0.3 is 15.5 Å². The average molecular weight is 385 g/mol. The van der Waals surface area contributed by atoms with Gasteiger partial charge in [0.1, 0.15) is 5.75 Å². The highest BCUT2D eigenvalue weighted by Crippen LogP contribution is 2.38. The Bertz CT molecular complexity index is 901. The van der Waals surface area contributed by atoms with Crippen molar-refractivity contribution in [3.8, 4) is 17.0 Å². The van der Waals surface area contributed by atoms with E-state index in [2.05, 4.69) is 30.1 Å². The molecule has 2 aromatic carbocycles. The molecular formula is C23H29ClN2O. The van der Waals surface area contributed by atoms with Gasteiger partial charge in [0, 0.05) is 21.5 Å². The fraction of sp³-hybridized carbons (Fsp3) is 0.391. The van der Waals surface area contributed by atoms with Crippen LogP contribution in [0, 0.1) is 0 Å². The van der Waals surface area contributed by atoms with Crippen molar-refractivity contribution in [2.75, 3.05) is 13.7 Å². The molecular weight excluding hydrogens is 356 g/mol. The van der Waals surface area contributed by atoms with E-state index in [1.165, 1.54) is 29.4 Å². The van der Waals surface area contributed by atoms with Gasteiger partial charge in [-0.3, -0.25) is 0 Å². The van der Waals surface area contributed by atoms with Crippen LogP contribution in [0.1, 0.15) is 43.7 Å². The molecule has 1 heterocycles. The van der Waals surface area contributed by atoms with Crippen LogP contribution < -0.4 is 10.5 Å². The third-order valence-corrected chi connectivity index (χ3v) is 5.34. The summed E-state index contributed by atoms with van der Waals surface area (Å²) in [4.78, 5) is 3.62. The first-order valence-corrected chi connectivity index (χ1v) is 10.2. The van der Waals surface area contributed by atoms with E-state index in [1.807, 2.05) is 18.2 Å². The molecule has 0 aliphatic heterocycles. The SMILES string of the molecule is CCCCc1ccc2[nH]c(-c3cc(Cl)ccc3OC)c(CCCCN)c2c1. The maximum absolute atomic E-state index is 6.30. The molecule has 0 aliphatic carbocycles. The lowest BCUT2D eigenvalue weighted by atomic mass is 9.98. The minimum absolute atomic E-state index is 0.709. The second-order valence-electron chi connectivity index (χ2n) is 7.05. The maximum Gasteiger partial charge on any atom is 0.128 e. The Morgan fingerprint density at radius 1 is 1.04 bits per heavy atom. The number of benzene rings is 2. The Hall–Kier alpha value is -1.97. The number of rotatable bonds is 9. The van der Waals surface area contributed by atoms with Gasteiger partial charge >= 0.3 is 0 Å². The van der Waals surface area contributed by atoms with Gasteiger partial charge in [0.2, 0.25) is 0 Å². The molecule has 3 aromatic rings. The minimum atomic E-state index is 0.709. The standard InChI is InChI=1S/C23H29ClN2O/c1-3-4-7-16-9-11-21-19(14-16)18(8-5-6-13-25)23(26-21)20-15-17(24)10-12-22(20)27-2/h9-12,14-15,26H,3-8,13,25H2,1-2H3. The first kappa shape index (κ1) is 19.8. The molecule has 0 bridgehead atoms. The summed E-state index contributed by atoms with van der Waals surface area (Å²) in [5, 5.41) is 2.01. The van der Waals surface area contributed by atoms with Crippen LogP contribution >= 0.6 is 11.6 Å². The number of aromatic nitrogens is 1. The van der Waals surface area contributed by atoms with Gasteiger partial charge in [-0.2, -0.15) is 0 Å². The molecule has 0 radical (unpaired) electrons. The van der Waals surface area contributed by atoms with Crippen LogP contribution in [-0.2, 0) is 12.8 Å². The summed E-state index contributed by atoms with van der Waals surface area (Å²) in [7, 11) is 1.70. The Morgan fingerprint density at radius 3 is 2.63 bits per heavy atom. The first-order valence-electron chi connectivity index (χ1n) is 9.85. The van der Waals surface area contributed by atoms with Crippen LogP contribution in [0.2, 0.25) is 5.02 Å². The number of nitrogens with two attached hydrogens (primary N) is 1. The zero-order valence-electron chi connectivity index (χ0n) is 16.3. The van der Waals surface area contributed by atoms with Gasteiger partial charge in [0.05, 0.1) is 12.8 Å². The van der Waals surface area contributed by atoms with Gasteiger partial charge in [-0.05, 0) is 80.1 Å². The fourth-order valence-corrected chi connectivity index (χ4v) is 3.81. The van der Waals surface area contributed by atoms with E-state index in [4.69, 9.17) is 22.1 Å². The topological polar surface area (TPSA) is 51.0 Å². The molecule has 3 N–H and O–H groups in total. The average Bonchev–Trinajstić information content (AvgIpc) is 3.04. The maximum atomic E-state index is 6.30. The van der Waals surface area contributed by atoms with Gasteiger partial charge in [0.15, 0.2) is 0 Å². The molecule has 4 heteroatoms. The number of unbranched alkanes of at least 4 members (excludes halogenated alkanes) is 2. The number of aromatic amines is 1. The summed E-state index contributed by atoms with van der Waals surface area (Å²) >= 11 is 6.30. The van der Waals surface area contributed by atoms with Gasteiger partial charge in [-0.15, -0.1) is 0 Å². The predicted octanol–water partition coefficient (Wildman–Crippen LogP) is 6.12. The number of ether oxygens (including phenoxy) is 1. The van der Waals surface area contributed by atoms with Crippen molar-refractivity contribution < 1.29 is 4.74 Å². The number of nitrogens with one attached hydrogen (secondary N) is 1. The van der Waals surface area contributed by atoms with Crippen molar-refractivity contribution in [3.63, 3.8) is 0 Å². The zero-order chi connectivity index (χ0) is 19.2. The molecule has 0 aliphatic rings. The summed E-state index contributed by atoms with van der Waals surface area (Å²) < 4.78 is 5.61. The van der Waals surface area contributed by atoms with Crippen molar-refractivity contribution in [2.45, 2.75) is 45.4 Å². The summed E-state index contributed by atoms with van der Waals surface area (Å²) in [6.45, 7) is 2.95. The number of hydrogen-bond acceptors (Lipinski definition) is 2. The number of halogens is 1. The van der Waals surface area contributed by atoms with Gasteiger partial charge in [0.25, 0.3) is 0 Å². The number of fused-ring (bicyclic) bond motifs is 1. The number of hydrogen-bond donors (Lipinski definition) is 2. The third kappa shape index (κ3) is 4.48. The van der Waals surface area contributed by atoms with E-state index >= 15 is 0 Å². The first-order chi connectivity index (χ1) is 13.2. The minimum Gasteiger partial charge on any atom is -0.496 e. The highest BCUT2D eigenvalue weighted by molar-refractivity contribution is 6.31. The Balaban J connectivity index is 2.13. The molecule has 0 fully saturated rings. The lowest BCUT2D eigenvalue weighted by Gasteiger charge is -2.10. The second kappa shape index (κ2) is 9.29. The summed E-state index contributed by atoms with van der Waals surface area (Å²) in [6, 6.07) is 12.6. The van der Waals surface area contributed by atoms with Crippen LogP contribution in [0.4, 0.5) is 0 Å². The molecule has 27 heavy (non-hydrogen) atoms. The normalized spacial score (nSPS) is 11.3. The summed E-state index contributed by atoms with van der Waals surface area (Å²) in [5.41, 5.74) is 11.7. The van der Waals surface area contributed by atoms with Crippen molar-refractivity contribution in [3.05, 3.63) is 52.5 Å². The Kier molecular flexibility index (Phi) is 6.81. The van der Waals surface area contributed by atoms with Gasteiger partial charge in [-0.1, -0.05) is 31.0 Å². The van der Waals surface area contributed by atoms with Crippen molar-refractivity contribution >= 4 is 22.5 Å². The molecule has 144 valence electrons. The molecule has 3 nitrogen and oxygen atoms in total. The predicted molar refractivity (Wildman–Crippen MR) is 116 cm³/mol. The van der Waals surface area contributed by atoms with E-state index < -0.39 is 0 Å². The van der Waals surface area contributed by atoms with E-state index in [1.54, 1.807) is 7.11 Å². The van der Waals surface area contributed by atoms with E-state index in [0.717, 1.165) is 54.8 Å². The highest BCUT2D eigenvalue weighted by atomic mass is 35.5. The smallest absolute Gasteiger partial charge is 0.128 e. The zero-order valence-corrected chi connectivity index (χ0v) is 17.0. The second-order valence-corrected chi connectivity index (χ2v) is 7.49. The summed E-state index contributed by atoms with van der Waals surface area (Å²) in [6.07, 6.45) is 6.62. The van der Waals surface area contributed by atoms with Crippen molar-refractivity contribution in [2.24, 2.45) is 5.73 Å². The Morgan fingerprint density at radius 2 is 1.89 bits per heavy atom. The molecule has 0 saturated carbocycles. The Labute approximate surface area is 166 Å². The monoisotopic (exact) mass is 384 g/mol. The van der Waals surface area contributed by atoms with E-state index in [0.29, 0.717) is 5.02 Å². The molecule has 0 saturated heterocycles. The largest absolute Gasteiger partial charge is 0.496 e. The number of methoxy groups -OCH3 is 1. The van der Waals surface area contributed by atoms with Crippen LogP contribution in [0.25, 0.3) is 22.2 Å². The molecule has 0 unspecified atom stereocenters. The number of aryl methyl sites for hydroxylation is 2. The third-order valence-electron chi connectivity index (χ3n) is 5.10. The lowest BCUT2D eigenvalue weighted by Crippen LogP contribution is -1.99. The quantitative estimate of drug-likeness (QED) is 0.436. The lowest BCUT2D eigenvalue weighted by molar-refractivity contribution is 0.416.